The minimum absolute atomic E-state index is 0.222. The van der Waals surface area contributed by atoms with Crippen molar-refractivity contribution in [3.8, 4) is 10.6 Å². The molecule has 0 saturated heterocycles. The van der Waals surface area contributed by atoms with E-state index in [1.165, 1.54) is 12.1 Å². The summed E-state index contributed by atoms with van der Waals surface area (Å²) in [4.78, 5) is 13.1. The summed E-state index contributed by atoms with van der Waals surface area (Å²) in [6.45, 7) is 0.667. The third kappa shape index (κ3) is 3.64. The number of hydrogen-bond acceptors (Lipinski definition) is 5. The summed E-state index contributed by atoms with van der Waals surface area (Å²) in [6.07, 6.45) is 5.49. The number of nitrogens with one attached hydrogen (secondary N) is 1. The molecule has 0 aliphatic heterocycles. The van der Waals surface area contributed by atoms with Crippen LogP contribution >= 0.6 is 11.3 Å². The van der Waals surface area contributed by atoms with E-state index in [1.807, 2.05) is 24.3 Å². The van der Waals surface area contributed by atoms with Crippen LogP contribution in [0, 0.1) is 12.0 Å². The number of hydrogen-bond donors (Lipinski definition) is 1. The van der Waals surface area contributed by atoms with E-state index in [-0.39, 0.29) is 5.82 Å². The van der Waals surface area contributed by atoms with Gasteiger partial charge < -0.3 is 5.32 Å². The van der Waals surface area contributed by atoms with E-state index in [1.54, 1.807) is 29.7 Å². The molecule has 0 unspecified atom stereocenters. The first-order valence-corrected chi connectivity index (χ1v) is 8.68. The zero-order chi connectivity index (χ0) is 17.1. The van der Waals surface area contributed by atoms with Gasteiger partial charge in [-0.2, -0.15) is 0 Å². The number of nitrogens with zero attached hydrogens (tertiary/aromatic N) is 3. The molecule has 25 heavy (non-hydrogen) atoms. The molecule has 4 aromatic rings. The number of aromatic nitrogens is 3. The number of thiazole rings is 1. The molecule has 2 aromatic heterocycles. The van der Waals surface area contributed by atoms with Crippen LogP contribution in [0.1, 0.15) is 5.56 Å². The van der Waals surface area contributed by atoms with Gasteiger partial charge in [0.2, 0.25) is 5.95 Å². The van der Waals surface area contributed by atoms with Crippen LogP contribution in [0.4, 0.5) is 10.3 Å². The second-order valence-corrected chi connectivity index (χ2v) is 6.54. The summed E-state index contributed by atoms with van der Waals surface area (Å²) >= 11 is 1.60. The van der Waals surface area contributed by atoms with Crippen molar-refractivity contribution in [3.05, 3.63) is 72.3 Å². The van der Waals surface area contributed by atoms with Crippen LogP contribution in [0.5, 0.6) is 0 Å². The first kappa shape index (κ1) is 15.7. The quantitative estimate of drug-likeness (QED) is 0.582. The molecular weight excluding hydrogens is 335 g/mol. The van der Waals surface area contributed by atoms with Crippen molar-refractivity contribution in [2.45, 2.75) is 6.42 Å². The van der Waals surface area contributed by atoms with Crippen molar-refractivity contribution in [2.75, 3.05) is 11.9 Å². The summed E-state index contributed by atoms with van der Waals surface area (Å²) in [5.41, 5.74) is 2.81. The SMILES string of the molecule is Fc1ccc(CCNc2n[c]c(-c3nc4ccccc4s3)cn2)cc1. The predicted molar refractivity (Wildman–Crippen MR) is 98.1 cm³/mol. The van der Waals surface area contributed by atoms with Crippen molar-refractivity contribution in [2.24, 2.45) is 0 Å². The lowest BCUT2D eigenvalue weighted by Crippen LogP contribution is -2.07. The Morgan fingerprint density at radius 3 is 2.68 bits per heavy atom. The van der Waals surface area contributed by atoms with E-state index in [4.69, 9.17) is 0 Å². The minimum atomic E-state index is -0.222. The highest BCUT2D eigenvalue weighted by atomic mass is 32.1. The molecule has 4 nitrogen and oxygen atoms in total. The predicted octanol–water partition coefficient (Wildman–Crippen LogP) is 4.35. The molecule has 6 heteroatoms. The Labute approximate surface area is 148 Å². The van der Waals surface area contributed by atoms with E-state index in [2.05, 4.69) is 26.5 Å². The maximum absolute atomic E-state index is 12.9. The molecule has 1 N–H and O–H groups in total. The normalized spacial score (nSPS) is 10.9. The lowest BCUT2D eigenvalue weighted by Gasteiger charge is -2.05. The average molecular weight is 349 g/mol. The molecule has 2 aromatic carbocycles. The lowest BCUT2D eigenvalue weighted by atomic mass is 10.1. The third-order valence-electron chi connectivity index (χ3n) is 3.73. The van der Waals surface area contributed by atoms with Crippen molar-refractivity contribution in [3.63, 3.8) is 0 Å². The van der Waals surface area contributed by atoms with Gasteiger partial charge in [0.1, 0.15) is 17.0 Å². The molecule has 123 valence electrons. The van der Waals surface area contributed by atoms with E-state index in [0.29, 0.717) is 12.5 Å². The highest BCUT2D eigenvalue weighted by molar-refractivity contribution is 7.21. The van der Waals surface area contributed by atoms with Gasteiger partial charge in [0.05, 0.1) is 15.8 Å². The standard InChI is InChI=1S/C19H14FN4S/c20-15-7-5-13(6-8-15)9-10-21-19-22-11-14(12-23-19)18-24-16-3-1-2-4-17(16)25-18/h1-8,11H,9-10H2,(H,21,22,23). The van der Waals surface area contributed by atoms with E-state index in [0.717, 1.165) is 32.8 Å². The van der Waals surface area contributed by atoms with Gasteiger partial charge in [-0.25, -0.2) is 19.3 Å². The zero-order valence-corrected chi connectivity index (χ0v) is 14.1. The van der Waals surface area contributed by atoms with Gasteiger partial charge in [0.15, 0.2) is 0 Å². The fourth-order valence-electron chi connectivity index (χ4n) is 2.44. The molecule has 0 aliphatic carbocycles. The Balaban J connectivity index is 1.40. The van der Waals surface area contributed by atoms with Gasteiger partial charge in [-0.3, -0.25) is 0 Å². The topological polar surface area (TPSA) is 50.7 Å². The highest BCUT2D eigenvalue weighted by Crippen LogP contribution is 2.28. The fourth-order valence-corrected chi connectivity index (χ4v) is 3.37. The van der Waals surface area contributed by atoms with Crippen molar-refractivity contribution in [1.82, 2.24) is 15.0 Å². The van der Waals surface area contributed by atoms with E-state index in [9.17, 15) is 4.39 Å². The Kier molecular flexibility index (Phi) is 4.35. The maximum Gasteiger partial charge on any atom is 0.223 e. The van der Waals surface area contributed by atoms with Crippen LogP contribution in [-0.2, 0) is 6.42 Å². The zero-order valence-electron chi connectivity index (χ0n) is 13.2. The van der Waals surface area contributed by atoms with Crippen LogP contribution in [0.2, 0.25) is 0 Å². The molecule has 1 radical (unpaired) electrons. The van der Waals surface area contributed by atoms with Crippen LogP contribution in [0.25, 0.3) is 20.8 Å². The number of para-hydroxylation sites is 1. The molecule has 0 saturated carbocycles. The minimum Gasteiger partial charge on any atom is -0.354 e. The summed E-state index contributed by atoms with van der Waals surface area (Å²) in [6, 6.07) is 14.5. The van der Waals surface area contributed by atoms with Crippen molar-refractivity contribution in [1.29, 1.82) is 0 Å². The van der Waals surface area contributed by atoms with E-state index < -0.39 is 0 Å². The number of fused-ring (bicyclic) bond motifs is 1. The van der Waals surface area contributed by atoms with Crippen molar-refractivity contribution >= 4 is 27.5 Å². The number of rotatable bonds is 5. The molecule has 0 amide bonds. The summed E-state index contributed by atoms with van der Waals surface area (Å²) in [5.74, 6) is 0.298. The fraction of sp³-hybridized carbons (Fsp3) is 0.105. The Morgan fingerprint density at radius 2 is 1.92 bits per heavy atom. The van der Waals surface area contributed by atoms with Crippen LogP contribution < -0.4 is 5.32 Å². The third-order valence-corrected chi connectivity index (χ3v) is 4.80. The Hall–Kier alpha value is -2.86. The molecule has 0 atom stereocenters. The molecule has 0 fully saturated rings. The molecule has 4 rings (SSSR count). The first-order valence-electron chi connectivity index (χ1n) is 7.87. The van der Waals surface area contributed by atoms with Crippen LogP contribution in [0.3, 0.4) is 0 Å². The molecular formula is C19H14FN4S. The number of anilines is 1. The van der Waals surface area contributed by atoms with E-state index >= 15 is 0 Å². The molecule has 0 bridgehead atoms. The molecule has 2 heterocycles. The summed E-state index contributed by atoms with van der Waals surface area (Å²) in [7, 11) is 0. The van der Waals surface area contributed by atoms with Crippen LogP contribution in [-0.4, -0.2) is 21.5 Å². The largest absolute Gasteiger partial charge is 0.354 e. The van der Waals surface area contributed by atoms with Gasteiger partial charge in [-0.15, -0.1) is 11.3 Å². The monoisotopic (exact) mass is 349 g/mol. The average Bonchev–Trinajstić information content (AvgIpc) is 3.08. The van der Waals surface area contributed by atoms with Gasteiger partial charge in [-0.05, 0) is 36.2 Å². The first-order chi connectivity index (χ1) is 12.3. The van der Waals surface area contributed by atoms with Gasteiger partial charge in [0.25, 0.3) is 0 Å². The molecule has 0 spiro atoms. The summed E-state index contributed by atoms with van der Waals surface area (Å²) in [5, 5.41) is 4.01. The smallest absolute Gasteiger partial charge is 0.223 e. The van der Waals surface area contributed by atoms with Gasteiger partial charge >= 0.3 is 0 Å². The number of halogens is 1. The van der Waals surface area contributed by atoms with Crippen molar-refractivity contribution < 1.29 is 4.39 Å². The lowest BCUT2D eigenvalue weighted by molar-refractivity contribution is 0.627. The Morgan fingerprint density at radius 1 is 1.08 bits per heavy atom. The maximum atomic E-state index is 12.9. The molecule has 0 aliphatic rings. The second-order valence-electron chi connectivity index (χ2n) is 5.51. The van der Waals surface area contributed by atoms with Gasteiger partial charge in [0, 0.05) is 12.7 Å². The number of benzene rings is 2. The summed E-state index contributed by atoms with van der Waals surface area (Å²) < 4.78 is 14.0. The highest BCUT2D eigenvalue weighted by Gasteiger charge is 2.07. The van der Waals surface area contributed by atoms with Crippen LogP contribution in [0.15, 0.2) is 54.7 Å². The van der Waals surface area contributed by atoms with Gasteiger partial charge in [-0.1, -0.05) is 24.3 Å². The second kappa shape index (κ2) is 6.94. The Bertz CT molecular complexity index is 947.